The van der Waals surface area contributed by atoms with E-state index >= 15 is 0 Å². The average Bonchev–Trinajstić information content (AvgIpc) is 2.45. The molecule has 1 aromatic rings. The number of nitrogens with two attached hydrogens (primary N) is 1. The first-order valence-electron chi connectivity index (χ1n) is 6.25. The molecule has 1 aliphatic rings. The highest BCUT2D eigenvalue weighted by Gasteiger charge is 2.34. The number of nitro benzene ring substituents is 1. The molecule has 1 heterocycles. The number of nitrogens with zero attached hydrogens (tertiary/aromatic N) is 1. The number of benzene rings is 1. The maximum Gasteiger partial charge on any atom is 0.312 e. The third kappa shape index (κ3) is 3.96. The van der Waals surface area contributed by atoms with Gasteiger partial charge < -0.3 is 9.47 Å². The van der Waals surface area contributed by atoms with Crippen LogP contribution in [0.25, 0.3) is 0 Å². The van der Waals surface area contributed by atoms with Crippen LogP contribution in [0.2, 0.25) is 0 Å². The first kappa shape index (κ1) is 15.8. The van der Waals surface area contributed by atoms with Crippen LogP contribution >= 0.6 is 0 Å². The molecule has 116 valence electrons. The zero-order valence-corrected chi connectivity index (χ0v) is 11.9. The Morgan fingerprint density at radius 2 is 2.14 bits per heavy atom. The smallest absolute Gasteiger partial charge is 0.312 e. The Balaban J connectivity index is 2.15. The quantitative estimate of drug-likeness (QED) is 0.654. The topological polar surface area (TPSA) is 105 Å². The minimum atomic E-state index is -1.83. The Hall–Kier alpha value is -1.58. The average molecular weight is 318 g/mol. The molecule has 1 fully saturated rings. The second-order valence-corrected chi connectivity index (χ2v) is 5.80. The van der Waals surface area contributed by atoms with Gasteiger partial charge in [-0.2, -0.15) is 0 Å². The molecular formula is C12H15FN2O5S. The number of nitro groups is 1. The van der Waals surface area contributed by atoms with Crippen LogP contribution in [0.15, 0.2) is 23.1 Å². The fraction of sp³-hybridized carbons (Fsp3) is 0.500. The molecule has 2 N–H and O–H groups in total. The van der Waals surface area contributed by atoms with E-state index in [4.69, 9.17) is 14.6 Å². The fourth-order valence-electron chi connectivity index (χ4n) is 1.98. The third-order valence-corrected chi connectivity index (χ3v) is 3.95. The van der Waals surface area contributed by atoms with E-state index in [9.17, 15) is 18.7 Å². The van der Waals surface area contributed by atoms with Crippen molar-refractivity contribution in [1.29, 1.82) is 0 Å². The molecule has 1 aliphatic heterocycles. The molecule has 0 aliphatic carbocycles. The summed E-state index contributed by atoms with van der Waals surface area (Å²) in [6.07, 6.45) is 0.372. The largest absolute Gasteiger partial charge is 0.483 e. The van der Waals surface area contributed by atoms with Gasteiger partial charge in [-0.25, -0.2) is 13.7 Å². The monoisotopic (exact) mass is 318 g/mol. The van der Waals surface area contributed by atoms with Crippen molar-refractivity contribution in [2.24, 2.45) is 5.14 Å². The van der Waals surface area contributed by atoms with Crippen LogP contribution in [0, 0.1) is 10.1 Å². The summed E-state index contributed by atoms with van der Waals surface area (Å²) in [5.74, 6) is -0.0716. The van der Waals surface area contributed by atoms with E-state index in [1.807, 2.05) is 0 Å². The highest BCUT2D eigenvalue weighted by atomic mass is 32.2. The van der Waals surface area contributed by atoms with Gasteiger partial charge in [0.2, 0.25) is 0 Å². The van der Waals surface area contributed by atoms with Gasteiger partial charge in [0.1, 0.15) is 23.3 Å². The van der Waals surface area contributed by atoms with E-state index in [0.29, 0.717) is 13.2 Å². The van der Waals surface area contributed by atoms with Crippen LogP contribution in [0.5, 0.6) is 5.75 Å². The van der Waals surface area contributed by atoms with Gasteiger partial charge in [0.15, 0.2) is 5.75 Å². The Bertz CT molecular complexity index is 563. The highest BCUT2D eigenvalue weighted by Crippen LogP contribution is 2.32. The van der Waals surface area contributed by atoms with E-state index in [2.05, 4.69) is 0 Å². The Morgan fingerprint density at radius 1 is 1.48 bits per heavy atom. The molecule has 0 aromatic heterocycles. The molecule has 0 bridgehead atoms. The summed E-state index contributed by atoms with van der Waals surface area (Å²) >= 11 is 0. The van der Waals surface area contributed by atoms with Crippen molar-refractivity contribution in [3.05, 3.63) is 28.3 Å². The molecular weight excluding hydrogens is 303 g/mol. The number of hydrogen-bond acceptors (Lipinski definition) is 5. The fourth-order valence-corrected chi connectivity index (χ4v) is 2.41. The third-order valence-electron chi connectivity index (χ3n) is 3.23. The van der Waals surface area contributed by atoms with Crippen LogP contribution in [-0.2, 0) is 15.7 Å². The summed E-state index contributed by atoms with van der Waals surface area (Å²) in [6.45, 7) is 0.308. The first-order valence-corrected chi connectivity index (χ1v) is 7.47. The lowest BCUT2D eigenvalue weighted by Crippen LogP contribution is -2.37. The van der Waals surface area contributed by atoms with Crippen LogP contribution in [-0.4, -0.2) is 34.6 Å². The van der Waals surface area contributed by atoms with Crippen molar-refractivity contribution in [3.63, 3.8) is 0 Å². The SMILES string of the molecule is NS(=O)c1ccc(OCC2(F)CCOCC2)c([N+](=O)[O-])c1. The summed E-state index contributed by atoms with van der Waals surface area (Å²) in [5, 5.41) is 16.2. The van der Waals surface area contributed by atoms with Gasteiger partial charge in [-0.15, -0.1) is 0 Å². The standard InChI is InChI=1S/C12H15FN2O5S/c13-12(3-5-19-6-4-12)8-20-11-2-1-9(21(14)18)7-10(11)15(16)17/h1-2,7H,3-6,8,14H2. The lowest BCUT2D eigenvalue weighted by Gasteiger charge is -2.29. The van der Waals surface area contributed by atoms with Gasteiger partial charge in [0, 0.05) is 32.1 Å². The van der Waals surface area contributed by atoms with Gasteiger partial charge in [-0.05, 0) is 12.1 Å². The number of ether oxygens (including phenoxy) is 2. The molecule has 0 spiro atoms. The Kier molecular flexibility index (Phi) is 4.86. The first-order chi connectivity index (χ1) is 9.91. The van der Waals surface area contributed by atoms with Gasteiger partial charge >= 0.3 is 5.69 Å². The molecule has 9 heteroatoms. The predicted molar refractivity (Wildman–Crippen MR) is 73.1 cm³/mol. The van der Waals surface area contributed by atoms with Crippen LogP contribution in [0.3, 0.4) is 0 Å². The van der Waals surface area contributed by atoms with Crippen molar-refractivity contribution >= 4 is 16.7 Å². The lowest BCUT2D eigenvalue weighted by atomic mass is 9.98. The second kappa shape index (κ2) is 6.46. The van der Waals surface area contributed by atoms with E-state index < -0.39 is 21.6 Å². The zero-order valence-electron chi connectivity index (χ0n) is 11.1. The summed E-state index contributed by atoms with van der Waals surface area (Å²) in [5.41, 5.74) is -1.94. The van der Waals surface area contributed by atoms with E-state index in [1.54, 1.807) is 0 Å². The molecule has 0 radical (unpaired) electrons. The van der Waals surface area contributed by atoms with Gasteiger partial charge in [0.05, 0.1) is 9.82 Å². The zero-order chi connectivity index (χ0) is 15.5. The normalized spacial score (nSPS) is 19.0. The number of hydrogen-bond donors (Lipinski definition) is 1. The molecule has 1 aromatic carbocycles. The predicted octanol–water partition coefficient (Wildman–Crippen LogP) is 1.47. The summed E-state index contributed by atoms with van der Waals surface area (Å²) in [4.78, 5) is 10.4. The lowest BCUT2D eigenvalue weighted by molar-refractivity contribution is -0.386. The molecule has 0 amide bonds. The minimum Gasteiger partial charge on any atom is -0.483 e. The van der Waals surface area contributed by atoms with E-state index in [0.717, 1.165) is 6.07 Å². The molecule has 1 atom stereocenters. The highest BCUT2D eigenvalue weighted by molar-refractivity contribution is 7.82. The van der Waals surface area contributed by atoms with E-state index in [1.165, 1.54) is 12.1 Å². The molecule has 2 rings (SSSR count). The summed E-state index contributed by atoms with van der Waals surface area (Å²) in [7, 11) is -1.83. The van der Waals surface area contributed by atoms with Crippen LogP contribution < -0.4 is 9.88 Å². The molecule has 0 saturated carbocycles. The second-order valence-electron chi connectivity index (χ2n) is 4.74. The number of alkyl halides is 1. The molecule has 21 heavy (non-hydrogen) atoms. The van der Waals surface area contributed by atoms with Crippen LogP contribution in [0.1, 0.15) is 12.8 Å². The molecule has 1 saturated heterocycles. The van der Waals surface area contributed by atoms with Crippen molar-refractivity contribution in [2.75, 3.05) is 19.8 Å². The van der Waals surface area contributed by atoms with Gasteiger partial charge in [-0.1, -0.05) is 0 Å². The summed E-state index contributed by atoms with van der Waals surface area (Å²) in [6, 6.07) is 3.70. The Labute approximate surface area is 123 Å². The summed E-state index contributed by atoms with van der Waals surface area (Å²) < 4.78 is 35.8. The maximum absolute atomic E-state index is 14.4. The van der Waals surface area contributed by atoms with Gasteiger partial charge in [-0.3, -0.25) is 10.1 Å². The van der Waals surface area contributed by atoms with Crippen LogP contribution in [0.4, 0.5) is 10.1 Å². The number of halogens is 1. The number of rotatable bonds is 5. The van der Waals surface area contributed by atoms with Gasteiger partial charge in [0.25, 0.3) is 0 Å². The van der Waals surface area contributed by atoms with Crippen molar-refractivity contribution < 1.29 is 23.0 Å². The van der Waals surface area contributed by atoms with Crippen molar-refractivity contribution in [3.8, 4) is 5.75 Å². The Morgan fingerprint density at radius 3 is 2.71 bits per heavy atom. The molecule has 1 unspecified atom stereocenters. The molecule has 7 nitrogen and oxygen atoms in total. The van der Waals surface area contributed by atoms with Crippen molar-refractivity contribution in [1.82, 2.24) is 0 Å². The maximum atomic E-state index is 14.4. The van der Waals surface area contributed by atoms with Crippen molar-refractivity contribution in [2.45, 2.75) is 23.4 Å². The minimum absolute atomic E-state index is 0.0716. The van der Waals surface area contributed by atoms with E-state index in [-0.39, 0.29) is 35.8 Å².